The van der Waals surface area contributed by atoms with E-state index in [2.05, 4.69) is 23.7 Å². The maximum absolute atomic E-state index is 10.8. The zero-order valence-electron chi connectivity index (χ0n) is 10.2. The van der Waals surface area contributed by atoms with Gasteiger partial charge in [0.2, 0.25) is 0 Å². The first-order valence-corrected chi connectivity index (χ1v) is 6.82. The minimum atomic E-state index is -0.867. The van der Waals surface area contributed by atoms with Crippen LogP contribution in [-0.4, -0.2) is 40.1 Å². The molecule has 0 radical (unpaired) electrons. The van der Waals surface area contributed by atoms with Crippen LogP contribution in [0.2, 0.25) is 0 Å². The third-order valence-electron chi connectivity index (χ3n) is 3.34. The van der Waals surface area contributed by atoms with Gasteiger partial charge in [0.05, 0.1) is 11.2 Å². The fourth-order valence-corrected chi connectivity index (χ4v) is 3.16. The summed E-state index contributed by atoms with van der Waals surface area (Å²) in [5.74, 6) is -0.420. The molecule has 17 heavy (non-hydrogen) atoms. The summed E-state index contributed by atoms with van der Waals surface area (Å²) < 4.78 is 0. The number of aromatic carboxylic acids is 1. The molecule has 1 aromatic heterocycles. The molecule has 1 fully saturated rings. The molecule has 1 aliphatic rings. The van der Waals surface area contributed by atoms with Crippen LogP contribution in [0.3, 0.4) is 0 Å². The number of carboxylic acid groups (broad SMARTS) is 1. The SMILES string of the molecule is CC(C)N1CCC(c2ncc(C(=O)O)s2)CC1. The van der Waals surface area contributed by atoms with E-state index < -0.39 is 5.97 Å². The van der Waals surface area contributed by atoms with E-state index in [0.717, 1.165) is 30.9 Å². The van der Waals surface area contributed by atoms with Crippen LogP contribution in [0.4, 0.5) is 0 Å². The minimum absolute atomic E-state index is 0.353. The third kappa shape index (κ3) is 2.84. The highest BCUT2D eigenvalue weighted by Gasteiger charge is 2.24. The van der Waals surface area contributed by atoms with Crippen LogP contribution in [0.15, 0.2) is 6.20 Å². The lowest BCUT2D eigenvalue weighted by molar-refractivity contribution is 0.0702. The quantitative estimate of drug-likeness (QED) is 0.900. The van der Waals surface area contributed by atoms with Crippen molar-refractivity contribution in [2.24, 2.45) is 0 Å². The largest absolute Gasteiger partial charge is 0.477 e. The van der Waals surface area contributed by atoms with Crippen molar-refractivity contribution >= 4 is 17.3 Å². The molecule has 0 saturated carbocycles. The average molecular weight is 254 g/mol. The summed E-state index contributed by atoms with van der Waals surface area (Å²) in [5, 5.41) is 9.87. The third-order valence-corrected chi connectivity index (χ3v) is 4.49. The minimum Gasteiger partial charge on any atom is -0.477 e. The number of hydrogen-bond donors (Lipinski definition) is 1. The molecule has 2 heterocycles. The fourth-order valence-electron chi connectivity index (χ4n) is 2.24. The molecule has 94 valence electrons. The first-order valence-electron chi connectivity index (χ1n) is 6.01. The van der Waals surface area contributed by atoms with Gasteiger partial charge >= 0.3 is 5.97 Å². The molecule has 0 atom stereocenters. The number of nitrogens with zero attached hydrogens (tertiary/aromatic N) is 2. The van der Waals surface area contributed by atoms with Crippen molar-refractivity contribution < 1.29 is 9.90 Å². The number of hydrogen-bond acceptors (Lipinski definition) is 4. The Labute approximate surface area is 105 Å². The number of carboxylic acids is 1. The summed E-state index contributed by atoms with van der Waals surface area (Å²) in [7, 11) is 0. The second-order valence-corrected chi connectivity index (χ2v) is 5.83. The summed E-state index contributed by atoms with van der Waals surface area (Å²) in [6.45, 7) is 6.60. The van der Waals surface area contributed by atoms with Gasteiger partial charge < -0.3 is 10.0 Å². The highest BCUT2D eigenvalue weighted by Crippen LogP contribution is 2.31. The predicted octanol–water partition coefficient (Wildman–Crippen LogP) is 2.43. The number of thiazole rings is 1. The van der Waals surface area contributed by atoms with Gasteiger partial charge in [0.1, 0.15) is 4.88 Å². The first-order chi connectivity index (χ1) is 8.08. The van der Waals surface area contributed by atoms with Crippen LogP contribution in [-0.2, 0) is 0 Å². The van der Waals surface area contributed by atoms with Crippen LogP contribution in [0.1, 0.15) is 47.3 Å². The standard InChI is InChI=1S/C12H18N2O2S/c1-8(2)14-5-3-9(4-6-14)11-13-7-10(17-11)12(15)16/h7-9H,3-6H2,1-2H3,(H,15,16). The van der Waals surface area contributed by atoms with Crippen LogP contribution >= 0.6 is 11.3 Å². The van der Waals surface area contributed by atoms with Crippen LogP contribution < -0.4 is 0 Å². The Morgan fingerprint density at radius 3 is 2.65 bits per heavy atom. The van der Waals surface area contributed by atoms with E-state index in [1.54, 1.807) is 0 Å². The van der Waals surface area contributed by atoms with E-state index in [1.807, 2.05) is 0 Å². The van der Waals surface area contributed by atoms with Crippen LogP contribution in [0.25, 0.3) is 0 Å². The van der Waals surface area contributed by atoms with E-state index >= 15 is 0 Å². The van der Waals surface area contributed by atoms with E-state index in [0.29, 0.717) is 16.8 Å². The zero-order valence-corrected chi connectivity index (χ0v) is 11.0. The smallest absolute Gasteiger partial charge is 0.347 e. The topological polar surface area (TPSA) is 53.4 Å². The zero-order chi connectivity index (χ0) is 12.4. The van der Waals surface area contributed by atoms with Gasteiger partial charge in [-0.15, -0.1) is 11.3 Å². The van der Waals surface area contributed by atoms with Gasteiger partial charge in [-0.05, 0) is 39.8 Å². The Morgan fingerprint density at radius 1 is 1.53 bits per heavy atom. The number of aromatic nitrogens is 1. The lowest BCUT2D eigenvalue weighted by atomic mass is 9.97. The van der Waals surface area contributed by atoms with Crippen molar-refractivity contribution in [3.05, 3.63) is 16.1 Å². The van der Waals surface area contributed by atoms with Crippen LogP contribution in [0, 0.1) is 0 Å². The van der Waals surface area contributed by atoms with Gasteiger partial charge in [0.15, 0.2) is 0 Å². The summed E-state index contributed by atoms with van der Waals surface area (Å²) in [5.41, 5.74) is 0. The molecule has 1 N–H and O–H groups in total. The predicted molar refractivity (Wildman–Crippen MR) is 67.8 cm³/mol. The molecule has 0 aromatic carbocycles. The monoisotopic (exact) mass is 254 g/mol. The van der Waals surface area contributed by atoms with Gasteiger partial charge in [-0.3, -0.25) is 0 Å². The second kappa shape index (κ2) is 5.14. The Balaban J connectivity index is 1.98. The number of piperidine rings is 1. The van der Waals surface area contributed by atoms with E-state index in [-0.39, 0.29) is 0 Å². The summed E-state index contributed by atoms with van der Waals surface area (Å²) in [6.07, 6.45) is 3.66. The van der Waals surface area contributed by atoms with E-state index in [1.165, 1.54) is 17.5 Å². The number of likely N-dealkylation sites (tertiary alicyclic amines) is 1. The first kappa shape index (κ1) is 12.5. The van der Waals surface area contributed by atoms with Crippen molar-refractivity contribution in [2.45, 2.75) is 38.6 Å². The second-order valence-electron chi connectivity index (χ2n) is 4.77. The Kier molecular flexibility index (Phi) is 3.79. The van der Waals surface area contributed by atoms with E-state index in [9.17, 15) is 4.79 Å². The molecular formula is C12H18N2O2S. The van der Waals surface area contributed by atoms with Gasteiger partial charge in [0.25, 0.3) is 0 Å². The van der Waals surface area contributed by atoms with Gasteiger partial charge in [0, 0.05) is 12.0 Å². The van der Waals surface area contributed by atoms with Crippen molar-refractivity contribution in [1.29, 1.82) is 0 Å². The molecule has 0 bridgehead atoms. The average Bonchev–Trinajstić information content (AvgIpc) is 2.78. The maximum Gasteiger partial charge on any atom is 0.347 e. The normalized spacial score (nSPS) is 18.8. The molecule has 1 saturated heterocycles. The highest BCUT2D eigenvalue weighted by atomic mass is 32.1. The summed E-state index contributed by atoms with van der Waals surface area (Å²) in [4.78, 5) is 17.9. The summed E-state index contributed by atoms with van der Waals surface area (Å²) in [6, 6.07) is 0.599. The van der Waals surface area contributed by atoms with Gasteiger partial charge in [-0.1, -0.05) is 0 Å². The fraction of sp³-hybridized carbons (Fsp3) is 0.667. The van der Waals surface area contributed by atoms with Gasteiger partial charge in [-0.2, -0.15) is 0 Å². The van der Waals surface area contributed by atoms with Crippen molar-refractivity contribution in [3.8, 4) is 0 Å². The lowest BCUT2D eigenvalue weighted by Crippen LogP contribution is -2.37. The molecular weight excluding hydrogens is 236 g/mol. The van der Waals surface area contributed by atoms with E-state index in [4.69, 9.17) is 5.11 Å². The summed E-state index contributed by atoms with van der Waals surface area (Å²) >= 11 is 1.33. The molecule has 1 aromatic rings. The molecule has 0 unspecified atom stereocenters. The number of rotatable bonds is 3. The molecule has 0 amide bonds. The molecule has 5 heteroatoms. The maximum atomic E-state index is 10.8. The van der Waals surface area contributed by atoms with Crippen molar-refractivity contribution in [2.75, 3.05) is 13.1 Å². The number of carbonyl (C=O) groups is 1. The Bertz CT molecular complexity index is 395. The molecule has 0 aliphatic carbocycles. The Hall–Kier alpha value is -0.940. The van der Waals surface area contributed by atoms with Crippen LogP contribution in [0.5, 0.6) is 0 Å². The van der Waals surface area contributed by atoms with Gasteiger partial charge in [-0.25, -0.2) is 9.78 Å². The molecule has 2 rings (SSSR count). The van der Waals surface area contributed by atoms with Crippen molar-refractivity contribution in [3.63, 3.8) is 0 Å². The molecule has 1 aliphatic heterocycles. The Morgan fingerprint density at radius 2 is 2.18 bits per heavy atom. The highest BCUT2D eigenvalue weighted by molar-refractivity contribution is 7.13. The molecule has 4 nitrogen and oxygen atoms in total. The van der Waals surface area contributed by atoms with Crippen molar-refractivity contribution in [1.82, 2.24) is 9.88 Å². The lowest BCUT2D eigenvalue weighted by Gasteiger charge is -2.33. The molecule has 0 spiro atoms.